The number of pyridine rings is 1. The lowest BCUT2D eigenvalue weighted by molar-refractivity contribution is 0.0948. The molecular formula is C38H39N5O3. The van der Waals surface area contributed by atoms with E-state index in [0.29, 0.717) is 40.6 Å². The van der Waals surface area contributed by atoms with Gasteiger partial charge in [0.2, 0.25) is 5.89 Å². The van der Waals surface area contributed by atoms with Crippen LogP contribution < -0.4 is 15.0 Å². The van der Waals surface area contributed by atoms with Gasteiger partial charge in [0, 0.05) is 53.6 Å². The molecule has 8 nitrogen and oxygen atoms in total. The zero-order valence-corrected chi connectivity index (χ0v) is 27.0. The fourth-order valence-electron chi connectivity index (χ4n) is 5.94. The maximum absolute atomic E-state index is 13.0. The summed E-state index contributed by atoms with van der Waals surface area (Å²) < 4.78 is 12.2. The number of nitrogens with zero attached hydrogens (tertiary/aromatic N) is 4. The van der Waals surface area contributed by atoms with Gasteiger partial charge in [0.05, 0.1) is 17.7 Å². The van der Waals surface area contributed by atoms with Gasteiger partial charge >= 0.3 is 0 Å². The summed E-state index contributed by atoms with van der Waals surface area (Å²) in [5, 5.41) is 12.5. The van der Waals surface area contributed by atoms with Crippen molar-refractivity contribution in [3.05, 3.63) is 95.2 Å². The third kappa shape index (κ3) is 6.59. The minimum absolute atomic E-state index is 0.0914. The SMILES string of the molecule is Cc1ccc(OC(C)C)c(-c2ccc(N3CC[C@H](CNC(=O)c4ccc(-c5nc6cc(C#N)cc(C(C)C)c6o5)cc4)C3)nc2)c1. The minimum Gasteiger partial charge on any atom is -0.490 e. The number of benzene rings is 3. The molecule has 46 heavy (non-hydrogen) atoms. The molecule has 3 aromatic carbocycles. The molecule has 1 atom stereocenters. The highest BCUT2D eigenvalue weighted by Gasteiger charge is 2.24. The topological polar surface area (TPSA) is 104 Å². The zero-order chi connectivity index (χ0) is 32.4. The first-order valence-electron chi connectivity index (χ1n) is 15.9. The number of fused-ring (bicyclic) bond motifs is 1. The van der Waals surface area contributed by atoms with Gasteiger partial charge in [-0.2, -0.15) is 5.26 Å². The molecule has 1 aliphatic rings. The molecule has 0 radical (unpaired) electrons. The minimum atomic E-state index is -0.108. The number of carbonyl (C=O) groups excluding carboxylic acids is 1. The Kier molecular flexibility index (Phi) is 8.76. The van der Waals surface area contributed by atoms with E-state index in [9.17, 15) is 10.1 Å². The van der Waals surface area contributed by atoms with Crippen LogP contribution in [0.3, 0.4) is 0 Å². The number of aryl methyl sites for hydroxylation is 1. The van der Waals surface area contributed by atoms with E-state index in [0.717, 1.165) is 53.3 Å². The van der Waals surface area contributed by atoms with E-state index in [1.165, 1.54) is 5.56 Å². The molecule has 5 aromatic rings. The quantitative estimate of drug-likeness (QED) is 0.180. The summed E-state index contributed by atoms with van der Waals surface area (Å²) in [7, 11) is 0. The third-order valence-corrected chi connectivity index (χ3v) is 8.38. The Balaban J connectivity index is 1.06. The molecule has 6 rings (SSSR count). The van der Waals surface area contributed by atoms with E-state index >= 15 is 0 Å². The van der Waals surface area contributed by atoms with Crippen LogP contribution in [0.4, 0.5) is 5.82 Å². The molecule has 8 heteroatoms. The van der Waals surface area contributed by atoms with Crippen LogP contribution in [0.15, 0.2) is 77.3 Å². The van der Waals surface area contributed by atoms with Crippen LogP contribution in [-0.2, 0) is 0 Å². The van der Waals surface area contributed by atoms with Crippen LogP contribution in [0, 0.1) is 24.2 Å². The average Bonchev–Trinajstić information content (AvgIpc) is 3.71. The highest BCUT2D eigenvalue weighted by atomic mass is 16.5. The highest BCUT2D eigenvalue weighted by molar-refractivity contribution is 5.94. The van der Waals surface area contributed by atoms with Gasteiger partial charge in [-0.15, -0.1) is 0 Å². The second-order valence-electron chi connectivity index (χ2n) is 12.7. The van der Waals surface area contributed by atoms with E-state index in [1.807, 2.05) is 44.3 Å². The van der Waals surface area contributed by atoms with Gasteiger partial charge in [0.15, 0.2) is 5.58 Å². The Bertz CT molecular complexity index is 1900. The Morgan fingerprint density at radius 3 is 2.54 bits per heavy atom. The van der Waals surface area contributed by atoms with Crippen molar-refractivity contribution in [2.24, 2.45) is 5.92 Å². The molecule has 2 aromatic heterocycles. The molecule has 0 bridgehead atoms. The molecule has 3 heterocycles. The molecule has 1 N–H and O–H groups in total. The lowest BCUT2D eigenvalue weighted by atomic mass is 10.00. The standard InChI is InChI=1S/C38H39N5O3/c1-23(2)31-17-27(19-39)18-33-36(31)46-38(42-33)29-9-7-28(8-10-29)37(44)41-20-26-14-15-43(22-26)35-13-11-30(21-40-35)32-16-25(5)6-12-34(32)45-24(3)4/h6-13,16-18,21,23-24,26H,14-15,20,22H2,1-5H3,(H,41,44)/t26-/m1/s1. The largest absolute Gasteiger partial charge is 0.490 e. The monoisotopic (exact) mass is 613 g/mol. The second kappa shape index (κ2) is 13.1. The molecule has 1 amide bonds. The van der Waals surface area contributed by atoms with Gasteiger partial charge in [0.25, 0.3) is 5.91 Å². The number of rotatable bonds is 9. The van der Waals surface area contributed by atoms with Crippen LogP contribution in [0.1, 0.15) is 67.1 Å². The number of aromatic nitrogens is 2. The molecule has 0 unspecified atom stereocenters. The van der Waals surface area contributed by atoms with E-state index < -0.39 is 0 Å². The first-order valence-corrected chi connectivity index (χ1v) is 15.9. The van der Waals surface area contributed by atoms with E-state index in [2.05, 4.69) is 66.3 Å². The summed E-state index contributed by atoms with van der Waals surface area (Å²) in [4.78, 5) is 24.7. The number of ether oxygens (including phenoxy) is 1. The molecule has 1 saturated heterocycles. The van der Waals surface area contributed by atoms with Crippen LogP contribution in [0.5, 0.6) is 5.75 Å². The summed E-state index contributed by atoms with van der Waals surface area (Å²) in [6.07, 6.45) is 2.99. The van der Waals surface area contributed by atoms with E-state index in [-0.39, 0.29) is 17.9 Å². The van der Waals surface area contributed by atoms with Crippen molar-refractivity contribution in [3.8, 4) is 34.4 Å². The average molecular weight is 614 g/mol. The summed E-state index contributed by atoms with van der Waals surface area (Å²) in [6, 6.07) is 23.5. The molecule has 0 aliphatic carbocycles. The molecule has 1 fully saturated rings. The lowest BCUT2D eigenvalue weighted by Gasteiger charge is -2.19. The van der Waals surface area contributed by atoms with Gasteiger partial charge in [-0.1, -0.05) is 25.5 Å². The Hall–Kier alpha value is -5.16. The summed E-state index contributed by atoms with van der Waals surface area (Å²) >= 11 is 0. The predicted molar refractivity (Wildman–Crippen MR) is 181 cm³/mol. The Labute approximate surface area is 270 Å². The molecule has 1 aliphatic heterocycles. The van der Waals surface area contributed by atoms with Crippen molar-refractivity contribution in [2.75, 3.05) is 24.5 Å². The normalized spacial score (nSPS) is 14.7. The number of hydrogen-bond donors (Lipinski definition) is 1. The fraction of sp³-hybridized carbons (Fsp3) is 0.316. The van der Waals surface area contributed by atoms with Crippen LogP contribution >= 0.6 is 0 Å². The first kappa shape index (κ1) is 30.8. The van der Waals surface area contributed by atoms with Gasteiger partial charge in [-0.05, 0) is 99.7 Å². The number of amides is 1. The van der Waals surface area contributed by atoms with Crippen LogP contribution in [0.2, 0.25) is 0 Å². The Morgan fingerprint density at radius 2 is 1.85 bits per heavy atom. The van der Waals surface area contributed by atoms with Gasteiger partial charge in [-0.3, -0.25) is 4.79 Å². The number of anilines is 1. The summed E-state index contributed by atoms with van der Waals surface area (Å²) in [5.41, 5.74) is 7.48. The smallest absolute Gasteiger partial charge is 0.251 e. The van der Waals surface area contributed by atoms with Gasteiger partial charge in [-0.25, -0.2) is 9.97 Å². The summed E-state index contributed by atoms with van der Waals surface area (Å²) in [5.74, 6) is 2.69. The molecule has 0 spiro atoms. The van der Waals surface area contributed by atoms with Crippen LogP contribution in [0.25, 0.3) is 33.7 Å². The van der Waals surface area contributed by atoms with Crippen molar-refractivity contribution in [2.45, 2.75) is 53.1 Å². The number of carbonyl (C=O) groups is 1. The van der Waals surface area contributed by atoms with Gasteiger partial charge in [0.1, 0.15) is 17.1 Å². The van der Waals surface area contributed by atoms with Crippen molar-refractivity contribution in [1.29, 1.82) is 5.26 Å². The van der Waals surface area contributed by atoms with E-state index in [4.69, 9.17) is 14.1 Å². The molecule has 234 valence electrons. The number of oxazole rings is 1. The maximum Gasteiger partial charge on any atom is 0.251 e. The Morgan fingerprint density at radius 1 is 1.07 bits per heavy atom. The molecular weight excluding hydrogens is 574 g/mol. The van der Waals surface area contributed by atoms with Crippen molar-refractivity contribution in [1.82, 2.24) is 15.3 Å². The maximum atomic E-state index is 13.0. The van der Waals surface area contributed by atoms with E-state index in [1.54, 1.807) is 18.2 Å². The third-order valence-electron chi connectivity index (χ3n) is 8.38. The highest BCUT2D eigenvalue weighted by Crippen LogP contribution is 2.34. The molecule has 0 saturated carbocycles. The van der Waals surface area contributed by atoms with Gasteiger partial charge < -0.3 is 19.4 Å². The van der Waals surface area contributed by atoms with Crippen molar-refractivity contribution < 1.29 is 13.9 Å². The van der Waals surface area contributed by atoms with Crippen molar-refractivity contribution in [3.63, 3.8) is 0 Å². The van der Waals surface area contributed by atoms with Crippen molar-refractivity contribution >= 4 is 22.8 Å². The second-order valence-corrected chi connectivity index (χ2v) is 12.7. The zero-order valence-electron chi connectivity index (χ0n) is 27.0. The van der Waals surface area contributed by atoms with Crippen LogP contribution in [-0.4, -0.2) is 41.6 Å². The summed E-state index contributed by atoms with van der Waals surface area (Å²) in [6.45, 7) is 12.6. The lowest BCUT2D eigenvalue weighted by Crippen LogP contribution is -2.31. The number of nitriles is 1. The number of nitrogens with one attached hydrogen (secondary N) is 1. The number of hydrogen-bond acceptors (Lipinski definition) is 7. The predicted octanol–water partition coefficient (Wildman–Crippen LogP) is 7.90. The fourth-order valence-corrected chi connectivity index (χ4v) is 5.94. The first-order chi connectivity index (χ1) is 22.2.